The zero-order valence-electron chi connectivity index (χ0n) is 23.7. The minimum Gasteiger partial charge on any atom is -0.454 e. The van der Waals surface area contributed by atoms with Gasteiger partial charge in [0.15, 0.2) is 11.4 Å². The Labute approximate surface area is 253 Å². The fraction of sp³-hybridized carbons (Fsp3) is 0. The molecule has 3 heterocycles. The van der Waals surface area contributed by atoms with Crippen LogP contribution in [0.3, 0.4) is 0 Å². The summed E-state index contributed by atoms with van der Waals surface area (Å²) in [7, 11) is 0. The molecule has 0 saturated carbocycles. The Morgan fingerprint density at radius 2 is 1.07 bits per heavy atom. The fourth-order valence-corrected chi connectivity index (χ4v) is 6.46. The Kier molecular flexibility index (Phi) is 5.47. The Balaban J connectivity index is 1.32. The first kappa shape index (κ1) is 24.6. The number of nitrogens with zero attached hydrogens (tertiary/aromatic N) is 3. The molecule has 0 N–H and O–H groups in total. The topological polar surface area (TPSA) is 43.9 Å². The van der Waals surface area contributed by atoms with Crippen molar-refractivity contribution in [1.29, 1.82) is 0 Å². The van der Waals surface area contributed by atoms with Crippen molar-refractivity contribution in [2.45, 2.75) is 0 Å². The quantitative estimate of drug-likeness (QED) is 0.214. The van der Waals surface area contributed by atoms with E-state index in [1.54, 1.807) is 0 Å². The minimum atomic E-state index is 0.692. The van der Waals surface area contributed by atoms with Gasteiger partial charge in [-0.3, -0.25) is 0 Å². The van der Waals surface area contributed by atoms with Crippen molar-refractivity contribution < 1.29 is 4.42 Å². The van der Waals surface area contributed by atoms with Crippen molar-refractivity contribution >= 4 is 43.7 Å². The summed E-state index contributed by atoms with van der Waals surface area (Å²) in [6.07, 6.45) is 0. The van der Waals surface area contributed by atoms with Gasteiger partial charge in [0.25, 0.3) is 0 Å². The summed E-state index contributed by atoms with van der Waals surface area (Å²) >= 11 is 0. The molecular weight excluding hydrogens is 538 g/mol. The van der Waals surface area contributed by atoms with Gasteiger partial charge in [-0.1, -0.05) is 121 Å². The highest BCUT2D eigenvalue weighted by Gasteiger charge is 2.20. The molecule has 4 heteroatoms. The van der Waals surface area contributed by atoms with E-state index < -0.39 is 0 Å². The van der Waals surface area contributed by atoms with E-state index >= 15 is 0 Å². The lowest BCUT2D eigenvalue weighted by atomic mass is 10.0. The summed E-state index contributed by atoms with van der Waals surface area (Å²) in [5.74, 6) is 0.692. The molecule has 206 valence electrons. The molecule has 0 bridgehead atoms. The lowest BCUT2D eigenvalue weighted by Crippen LogP contribution is -1.96. The maximum Gasteiger partial charge on any atom is 0.160 e. The van der Waals surface area contributed by atoms with E-state index in [2.05, 4.69) is 108 Å². The average molecular weight is 564 g/mol. The molecule has 0 saturated heterocycles. The molecule has 0 aliphatic carbocycles. The smallest absolute Gasteiger partial charge is 0.160 e. The second-order valence-electron chi connectivity index (χ2n) is 11.0. The standard InChI is InChI=1S/C40H25N3O/c1-3-13-26(14-4-1)32-25-33(42-40(41-32)27-15-5-2-6-16-27)30-19-12-24-37-38(30)31-20-11-23-36(39(31)44-37)43-34-21-9-7-17-28(34)29-18-8-10-22-35(29)43/h1-25H. The predicted molar refractivity (Wildman–Crippen MR) is 180 cm³/mol. The van der Waals surface area contributed by atoms with Gasteiger partial charge < -0.3 is 8.98 Å². The fourth-order valence-electron chi connectivity index (χ4n) is 6.46. The SMILES string of the molecule is c1ccc(-c2cc(-c3cccc4oc5c(-n6c7ccccc7c7ccccc76)cccc5c34)nc(-c3ccccc3)n2)cc1. The summed E-state index contributed by atoms with van der Waals surface area (Å²) in [5, 5.41) is 4.54. The Morgan fingerprint density at radius 1 is 0.477 bits per heavy atom. The van der Waals surface area contributed by atoms with Crippen LogP contribution in [0.2, 0.25) is 0 Å². The van der Waals surface area contributed by atoms with E-state index in [9.17, 15) is 0 Å². The third-order valence-corrected chi connectivity index (χ3v) is 8.43. The van der Waals surface area contributed by atoms with Crippen LogP contribution in [0.1, 0.15) is 0 Å². The highest BCUT2D eigenvalue weighted by Crippen LogP contribution is 2.41. The van der Waals surface area contributed by atoms with E-state index in [4.69, 9.17) is 14.4 Å². The molecule has 0 aliphatic rings. The van der Waals surface area contributed by atoms with Crippen LogP contribution in [0.4, 0.5) is 0 Å². The first-order valence-electron chi connectivity index (χ1n) is 14.8. The van der Waals surface area contributed by atoms with Crippen LogP contribution in [-0.4, -0.2) is 14.5 Å². The average Bonchev–Trinajstić information content (AvgIpc) is 3.65. The maximum absolute atomic E-state index is 6.73. The van der Waals surface area contributed by atoms with Gasteiger partial charge >= 0.3 is 0 Å². The van der Waals surface area contributed by atoms with E-state index in [1.807, 2.05) is 48.5 Å². The molecule has 3 aromatic heterocycles. The van der Waals surface area contributed by atoms with Gasteiger partial charge in [-0.2, -0.15) is 0 Å². The zero-order chi connectivity index (χ0) is 29.0. The Bertz CT molecular complexity index is 2380. The van der Waals surface area contributed by atoms with Gasteiger partial charge in [-0.15, -0.1) is 0 Å². The van der Waals surface area contributed by atoms with E-state index in [0.717, 1.165) is 66.7 Å². The first-order chi connectivity index (χ1) is 21.8. The zero-order valence-corrected chi connectivity index (χ0v) is 23.7. The van der Waals surface area contributed by atoms with Crippen molar-refractivity contribution in [2.24, 2.45) is 0 Å². The number of rotatable bonds is 4. The lowest BCUT2D eigenvalue weighted by molar-refractivity contribution is 0.666. The molecule has 0 radical (unpaired) electrons. The second-order valence-corrected chi connectivity index (χ2v) is 11.0. The van der Waals surface area contributed by atoms with E-state index in [1.165, 1.54) is 10.8 Å². The highest BCUT2D eigenvalue weighted by atomic mass is 16.3. The summed E-state index contributed by atoms with van der Waals surface area (Å²) in [6.45, 7) is 0. The molecular formula is C40H25N3O. The van der Waals surface area contributed by atoms with Crippen molar-refractivity contribution in [1.82, 2.24) is 14.5 Å². The van der Waals surface area contributed by atoms with Gasteiger partial charge in [0.05, 0.1) is 28.1 Å². The molecule has 0 atom stereocenters. The Morgan fingerprint density at radius 3 is 1.80 bits per heavy atom. The van der Waals surface area contributed by atoms with Crippen LogP contribution in [0.15, 0.2) is 156 Å². The number of fused-ring (bicyclic) bond motifs is 6. The predicted octanol–water partition coefficient (Wildman–Crippen LogP) is 10.5. The lowest BCUT2D eigenvalue weighted by Gasteiger charge is -2.10. The van der Waals surface area contributed by atoms with E-state index in [0.29, 0.717) is 5.82 Å². The van der Waals surface area contributed by atoms with Gasteiger partial charge in [-0.25, -0.2) is 9.97 Å². The number of hydrogen-bond donors (Lipinski definition) is 0. The first-order valence-corrected chi connectivity index (χ1v) is 14.8. The van der Waals surface area contributed by atoms with Gasteiger partial charge in [0, 0.05) is 38.2 Å². The third-order valence-electron chi connectivity index (χ3n) is 8.43. The number of aromatic nitrogens is 3. The minimum absolute atomic E-state index is 0.692. The molecule has 9 rings (SSSR count). The Hall–Kier alpha value is -6.00. The van der Waals surface area contributed by atoms with Gasteiger partial charge in [-0.05, 0) is 30.3 Å². The van der Waals surface area contributed by atoms with Crippen LogP contribution < -0.4 is 0 Å². The van der Waals surface area contributed by atoms with Gasteiger partial charge in [0.1, 0.15) is 5.58 Å². The summed E-state index contributed by atoms with van der Waals surface area (Å²) < 4.78 is 9.05. The normalized spacial score (nSPS) is 11.6. The summed E-state index contributed by atoms with van der Waals surface area (Å²) in [4.78, 5) is 10.1. The molecule has 0 fully saturated rings. The van der Waals surface area contributed by atoms with Crippen LogP contribution in [0.25, 0.3) is 83.3 Å². The van der Waals surface area contributed by atoms with Crippen molar-refractivity contribution in [3.63, 3.8) is 0 Å². The van der Waals surface area contributed by atoms with Crippen molar-refractivity contribution in [3.05, 3.63) is 152 Å². The number of furan rings is 1. The third kappa shape index (κ3) is 3.78. The molecule has 6 aromatic carbocycles. The molecule has 0 unspecified atom stereocenters. The van der Waals surface area contributed by atoms with Crippen molar-refractivity contribution in [3.8, 4) is 39.6 Å². The molecule has 44 heavy (non-hydrogen) atoms. The van der Waals surface area contributed by atoms with Crippen LogP contribution in [-0.2, 0) is 0 Å². The van der Waals surface area contributed by atoms with Crippen LogP contribution >= 0.6 is 0 Å². The van der Waals surface area contributed by atoms with Gasteiger partial charge in [0.2, 0.25) is 0 Å². The number of para-hydroxylation sites is 3. The highest BCUT2D eigenvalue weighted by molar-refractivity contribution is 6.16. The van der Waals surface area contributed by atoms with E-state index in [-0.39, 0.29) is 0 Å². The number of benzene rings is 6. The molecule has 4 nitrogen and oxygen atoms in total. The molecule has 0 amide bonds. The summed E-state index contributed by atoms with van der Waals surface area (Å²) in [5.41, 5.74) is 9.76. The molecule has 0 spiro atoms. The number of hydrogen-bond acceptors (Lipinski definition) is 3. The monoisotopic (exact) mass is 563 g/mol. The molecule has 0 aliphatic heterocycles. The molecule has 9 aromatic rings. The summed E-state index contributed by atoms with van der Waals surface area (Å²) in [6, 6.07) is 52.3. The second kappa shape index (κ2) is 9.79. The maximum atomic E-state index is 6.73. The largest absolute Gasteiger partial charge is 0.454 e. The van der Waals surface area contributed by atoms with Crippen LogP contribution in [0.5, 0.6) is 0 Å². The van der Waals surface area contributed by atoms with Crippen molar-refractivity contribution in [2.75, 3.05) is 0 Å². The van der Waals surface area contributed by atoms with Crippen LogP contribution in [0, 0.1) is 0 Å².